The molecule has 170 valence electrons. The van der Waals surface area contributed by atoms with Crippen molar-refractivity contribution in [2.45, 2.75) is 27.2 Å². The third kappa shape index (κ3) is 8.10. The first kappa shape index (κ1) is 24.4. The van der Waals surface area contributed by atoms with E-state index in [0.29, 0.717) is 35.9 Å². The molecule has 0 aliphatic heterocycles. The van der Waals surface area contributed by atoms with Gasteiger partial charge in [-0.15, -0.1) is 0 Å². The van der Waals surface area contributed by atoms with E-state index < -0.39 is 11.8 Å². The lowest BCUT2D eigenvalue weighted by Gasteiger charge is -2.13. The van der Waals surface area contributed by atoms with Crippen molar-refractivity contribution in [3.05, 3.63) is 53.6 Å². The summed E-state index contributed by atoms with van der Waals surface area (Å²) >= 11 is 0. The molecule has 0 aliphatic rings. The lowest BCUT2D eigenvalue weighted by molar-refractivity contribution is -0.139. The number of nitrogens with one attached hydrogen (secondary N) is 3. The number of nitrogens with zero attached hydrogens (tertiary/aromatic N) is 1. The van der Waals surface area contributed by atoms with Gasteiger partial charge in [0.15, 0.2) is 18.1 Å². The molecule has 0 unspecified atom stereocenters. The fraction of sp³-hybridized carbons (Fsp3) is 0.304. The third-order valence-corrected chi connectivity index (χ3v) is 4.05. The Kier molecular flexibility index (Phi) is 9.70. The molecule has 0 saturated heterocycles. The van der Waals surface area contributed by atoms with E-state index in [1.165, 1.54) is 6.21 Å². The van der Waals surface area contributed by atoms with Gasteiger partial charge in [-0.2, -0.15) is 5.10 Å². The predicted octanol–water partition coefficient (Wildman–Crippen LogP) is 2.39. The monoisotopic (exact) mass is 440 g/mol. The molecule has 9 nitrogen and oxygen atoms in total. The Hall–Kier alpha value is -3.88. The highest BCUT2D eigenvalue weighted by atomic mass is 16.5. The van der Waals surface area contributed by atoms with Crippen LogP contribution in [-0.2, 0) is 14.4 Å². The predicted molar refractivity (Wildman–Crippen MR) is 122 cm³/mol. The van der Waals surface area contributed by atoms with Gasteiger partial charge in [0.25, 0.3) is 5.91 Å². The molecule has 2 aromatic carbocycles. The Morgan fingerprint density at radius 3 is 2.53 bits per heavy atom. The van der Waals surface area contributed by atoms with Crippen molar-refractivity contribution >= 4 is 29.6 Å². The maximum absolute atomic E-state index is 12.2. The van der Waals surface area contributed by atoms with E-state index in [9.17, 15) is 14.4 Å². The summed E-state index contributed by atoms with van der Waals surface area (Å²) in [6.45, 7) is 6.27. The SMILES string of the molecule is CCCNC(=O)C(=O)N/N=C\c1ccc(OCC(=O)Nc2cccc(C)c2)c(OCC)c1. The van der Waals surface area contributed by atoms with Crippen molar-refractivity contribution < 1.29 is 23.9 Å². The van der Waals surface area contributed by atoms with Crippen LogP contribution in [0.5, 0.6) is 11.5 Å². The van der Waals surface area contributed by atoms with Crippen LogP contribution in [-0.4, -0.2) is 43.7 Å². The van der Waals surface area contributed by atoms with E-state index in [2.05, 4.69) is 21.2 Å². The maximum Gasteiger partial charge on any atom is 0.329 e. The Morgan fingerprint density at radius 1 is 1.00 bits per heavy atom. The summed E-state index contributed by atoms with van der Waals surface area (Å²) in [7, 11) is 0. The zero-order valence-electron chi connectivity index (χ0n) is 18.4. The first-order valence-electron chi connectivity index (χ1n) is 10.3. The molecule has 2 rings (SSSR count). The zero-order valence-corrected chi connectivity index (χ0v) is 18.4. The molecule has 32 heavy (non-hydrogen) atoms. The minimum absolute atomic E-state index is 0.190. The highest BCUT2D eigenvalue weighted by molar-refractivity contribution is 6.35. The van der Waals surface area contributed by atoms with Crippen molar-refractivity contribution in [3.8, 4) is 11.5 Å². The Balaban J connectivity index is 1.95. The molecule has 0 radical (unpaired) electrons. The van der Waals surface area contributed by atoms with E-state index in [1.807, 2.05) is 39.0 Å². The maximum atomic E-state index is 12.2. The highest BCUT2D eigenvalue weighted by Crippen LogP contribution is 2.28. The minimum atomic E-state index is -0.848. The molecular formula is C23H28N4O5. The largest absolute Gasteiger partial charge is 0.490 e. The fourth-order valence-corrected chi connectivity index (χ4v) is 2.59. The molecule has 0 bridgehead atoms. The number of aryl methyl sites for hydroxylation is 1. The lowest BCUT2D eigenvalue weighted by Crippen LogP contribution is -2.38. The van der Waals surface area contributed by atoms with Gasteiger partial charge in [0, 0.05) is 12.2 Å². The summed E-state index contributed by atoms with van der Waals surface area (Å²) in [6, 6.07) is 12.5. The van der Waals surface area contributed by atoms with E-state index in [-0.39, 0.29) is 12.5 Å². The van der Waals surface area contributed by atoms with Crippen LogP contribution in [0.4, 0.5) is 5.69 Å². The molecule has 0 aromatic heterocycles. The minimum Gasteiger partial charge on any atom is -0.490 e. The Morgan fingerprint density at radius 2 is 1.81 bits per heavy atom. The van der Waals surface area contributed by atoms with Gasteiger partial charge >= 0.3 is 11.8 Å². The van der Waals surface area contributed by atoms with Crippen LogP contribution < -0.4 is 25.5 Å². The van der Waals surface area contributed by atoms with E-state index in [0.717, 1.165) is 12.0 Å². The van der Waals surface area contributed by atoms with Crippen molar-refractivity contribution in [2.75, 3.05) is 25.1 Å². The zero-order chi connectivity index (χ0) is 23.3. The number of amides is 3. The summed E-state index contributed by atoms with van der Waals surface area (Å²) in [4.78, 5) is 35.4. The second kappa shape index (κ2) is 12.7. The van der Waals surface area contributed by atoms with Crippen LogP contribution in [0.15, 0.2) is 47.6 Å². The van der Waals surface area contributed by atoms with Crippen LogP contribution in [0.3, 0.4) is 0 Å². The summed E-state index contributed by atoms with van der Waals surface area (Å²) in [6.07, 6.45) is 2.10. The van der Waals surface area contributed by atoms with Crippen molar-refractivity contribution in [3.63, 3.8) is 0 Å². The van der Waals surface area contributed by atoms with Crippen molar-refractivity contribution in [1.29, 1.82) is 0 Å². The van der Waals surface area contributed by atoms with Crippen LogP contribution in [0.25, 0.3) is 0 Å². The molecule has 9 heteroatoms. The van der Waals surface area contributed by atoms with Crippen LogP contribution in [0.2, 0.25) is 0 Å². The molecule has 0 atom stereocenters. The topological polar surface area (TPSA) is 118 Å². The van der Waals surface area contributed by atoms with Gasteiger partial charge in [0.1, 0.15) is 0 Å². The first-order valence-corrected chi connectivity index (χ1v) is 10.3. The standard InChI is InChI=1S/C23H28N4O5/c1-4-11-24-22(29)23(30)27-25-14-17-9-10-19(20(13-17)31-5-2)32-15-21(28)26-18-8-6-7-16(3)12-18/h6-10,12-14H,4-5,11,15H2,1-3H3,(H,24,29)(H,26,28)(H,27,30)/b25-14-. The van der Waals surface area contributed by atoms with Crippen LogP contribution >= 0.6 is 0 Å². The average molecular weight is 441 g/mol. The van der Waals surface area contributed by atoms with Crippen molar-refractivity contribution in [2.24, 2.45) is 5.10 Å². The molecule has 2 aromatic rings. The third-order valence-electron chi connectivity index (χ3n) is 4.05. The number of rotatable bonds is 10. The highest BCUT2D eigenvalue weighted by Gasteiger charge is 2.12. The quantitative estimate of drug-likeness (QED) is 0.298. The number of hydrogen-bond donors (Lipinski definition) is 3. The lowest BCUT2D eigenvalue weighted by atomic mass is 10.2. The normalized spacial score (nSPS) is 10.5. The average Bonchev–Trinajstić information content (AvgIpc) is 2.77. The van der Waals surface area contributed by atoms with Gasteiger partial charge < -0.3 is 20.1 Å². The molecule has 0 fully saturated rings. The summed E-state index contributed by atoms with van der Waals surface area (Å²) < 4.78 is 11.2. The molecule has 0 spiro atoms. The molecule has 3 amide bonds. The summed E-state index contributed by atoms with van der Waals surface area (Å²) in [5.41, 5.74) is 4.51. The second-order valence-corrected chi connectivity index (χ2v) is 6.80. The van der Waals surface area contributed by atoms with Gasteiger partial charge in [0.05, 0.1) is 12.8 Å². The number of benzene rings is 2. The van der Waals surface area contributed by atoms with Gasteiger partial charge in [-0.05, 0) is 61.7 Å². The number of anilines is 1. The number of hydrazone groups is 1. The molecular weight excluding hydrogens is 412 g/mol. The first-order chi connectivity index (χ1) is 15.4. The summed E-state index contributed by atoms with van der Waals surface area (Å²) in [5.74, 6) is -1.07. The van der Waals surface area contributed by atoms with E-state index in [4.69, 9.17) is 9.47 Å². The van der Waals surface area contributed by atoms with Gasteiger partial charge in [-0.25, -0.2) is 5.43 Å². The van der Waals surface area contributed by atoms with Crippen molar-refractivity contribution in [1.82, 2.24) is 10.7 Å². The van der Waals surface area contributed by atoms with Gasteiger partial charge in [0.2, 0.25) is 0 Å². The van der Waals surface area contributed by atoms with E-state index >= 15 is 0 Å². The molecule has 0 heterocycles. The number of ether oxygens (including phenoxy) is 2. The molecule has 0 aliphatic carbocycles. The Labute approximate surface area is 187 Å². The molecule has 3 N–H and O–H groups in total. The van der Waals surface area contributed by atoms with Crippen LogP contribution in [0, 0.1) is 6.92 Å². The summed E-state index contributed by atoms with van der Waals surface area (Å²) in [5, 5.41) is 9.02. The molecule has 0 saturated carbocycles. The smallest absolute Gasteiger partial charge is 0.329 e. The van der Waals surface area contributed by atoms with Crippen LogP contribution in [0.1, 0.15) is 31.4 Å². The fourth-order valence-electron chi connectivity index (χ4n) is 2.59. The van der Waals surface area contributed by atoms with Gasteiger partial charge in [-0.1, -0.05) is 19.1 Å². The Bertz CT molecular complexity index is 975. The number of carbonyl (C=O) groups is 3. The number of hydrogen-bond acceptors (Lipinski definition) is 6. The second-order valence-electron chi connectivity index (χ2n) is 6.80. The van der Waals surface area contributed by atoms with E-state index in [1.54, 1.807) is 24.3 Å². The number of carbonyl (C=O) groups excluding carboxylic acids is 3. The van der Waals surface area contributed by atoms with Gasteiger partial charge in [-0.3, -0.25) is 14.4 Å².